The standard InChI is InChI=1S/C16H14INO3/c1-10-3-6-14(20-2)11(7-10)9-18-13-5-4-12(17)8-15(13)21-16(18)19/h3-8H,9H2,1-2H3. The highest BCUT2D eigenvalue weighted by molar-refractivity contribution is 14.1. The molecule has 21 heavy (non-hydrogen) atoms. The van der Waals surface area contributed by atoms with Crippen molar-refractivity contribution < 1.29 is 9.15 Å². The molecule has 3 aromatic rings. The number of rotatable bonds is 3. The Morgan fingerprint density at radius 1 is 1.24 bits per heavy atom. The van der Waals surface area contributed by atoms with Crippen LogP contribution in [0.2, 0.25) is 0 Å². The van der Waals surface area contributed by atoms with E-state index in [9.17, 15) is 4.79 Å². The SMILES string of the molecule is COc1ccc(C)cc1Cn1c(=O)oc2cc(I)ccc21. The summed E-state index contributed by atoms with van der Waals surface area (Å²) >= 11 is 2.20. The van der Waals surface area contributed by atoms with Crippen LogP contribution >= 0.6 is 22.6 Å². The Hall–Kier alpha value is -1.76. The lowest BCUT2D eigenvalue weighted by molar-refractivity contribution is 0.407. The van der Waals surface area contributed by atoms with E-state index in [1.165, 1.54) is 0 Å². The third kappa shape index (κ3) is 2.70. The fraction of sp³-hybridized carbons (Fsp3) is 0.188. The summed E-state index contributed by atoms with van der Waals surface area (Å²) in [5.74, 6) is 0.419. The minimum absolute atomic E-state index is 0.351. The van der Waals surface area contributed by atoms with Crippen LogP contribution in [0.25, 0.3) is 11.1 Å². The predicted molar refractivity (Wildman–Crippen MR) is 90.0 cm³/mol. The van der Waals surface area contributed by atoms with Crippen molar-refractivity contribution >= 4 is 33.7 Å². The van der Waals surface area contributed by atoms with Crippen LogP contribution in [0.1, 0.15) is 11.1 Å². The number of methoxy groups -OCH3 is 1. The topological polar surface area (TPSA) is 44.4 Å². The number of hydrogen-bond acceptors (Lipinski definition) is 3. The van der Waals surface area contributed by atoms with Crippen molar-refractivity contribution in [2.45, 2.75) is 13.5 Å². The van der Waals surface area contributed by atoms with Gasteiger partial charge in [0.15, 0.2) is 5.58 Å². The lowest BCUT2D eigenvalue weighted by Gasteiger charge is -2.10. The number of fused-ring (bicyclic) bond motifs is 1. The molecule has 5 heteroatoms. The predicted octanol–water partition coefficient (Wildman–Crippen LogP) is 3.56. The molecule has 0 saturated carbocycles. The molecule has 0 N–H and O–H groups in total. The molecule has 0 aliphatic heterocycles. The Kier molecular flexibility index (Phi) is 3.75. The summed E-state index contributed by atoms with van der Waals surface area (Å²) in [6, 6.07) is 11.7. The van der Waals surface area contributed by atoms with Gasteiger partial charge in [-0.2, -0.15) is 0 Å². The number of aryl methyl sites for hydroxylation is 1. The first-order valence-corrected chi connectivity index (χ1v) is 7.59. The summed E-state index contributed by atoms with van der Waals surface area (Å²) in [5, 5.41) is 0. The zero-order chi connectivity index (χ0) is 15.0. The number of halogens is 1. The van der Waals surface area contributed by atoms with Gasteiger partial charge in [-0.15, -0.1) is 0 Å². The van der Waals surface area contributed by atoms with E-state index >= 15 is 0 Å². The van der Waals surface area contributed by atoms with Crippen LogP contribution in [0.5, 0.6) is 5.75 Å². The molecule has 0 radical (unpaired) electrons. The van der Waals surface area contributed by atoms with E-state index in [1.54, 1.807) is 11.7 Å². The van der Waals surface area contributed by atoms with Gasteiger partial charge in [0.25, 0.3) is 0 Å². The molecule has 0 bridgehead atoms. The number of aromatic nitrogens is 1. The summed E-state index contributed by atoms with van der Waals surface area (Å²) in [7, 11) is 1.63. The van der Waals surface area contributed by atoms with Crippen molar-refractivity contribution in [3.05, 3.63) is 61.6 Å². The summed E-state index contributed by atoms with van der Waals surface area (Å²) < 4.78 is 13.4. The molecular weight excluding hydrogens is 381 g/mol. The zero-order valence-electron chi connectivity index (χ0n) is 11.7. The summed E-state index contributed by atoms with van der Waals surface area (Å²) in [6.45, 7) is 2.44. The average Bonchev–Trinajstić information content (AvgIpc) is 2.74. The fourth-order valence-corrected chi connectivity index (χ4v) is 2.85. The first-order valence-electron chi connectivity index (χ1n) is 6.51. The maximum atomic E-state index is 12.1. The summed E-state index contributed by atoms with van der Waals surface area (Å²) in [6.07, 6.45) is 0. The van der Waals surface area contributed by atoms with Crippen molar-refractivity contribution in [1.29, 1.82) is 0 Å². The second kappa shape index (κ2) is 5.55. The molecule has 1 aromatic heterocycles. The Balaban J connectivity index is 2.12. The summed E-state index contributed by atoms with van der Waals surface area (Å²) in [5.41, 5.74) is 3.49. The van der Waals surface area contributed by atoms with Crippen LogP contribution in [0.15, 0.2) is 45.6 Å². The van der Waals surface area contributed by atoms with Gasteiger partial charge in [0.2, 0.25) is 0 Å². The smallest absolute Gasteiger partial charge is 0.420 e. The van der Waals surface area contributed by atoms with Gasteiger partial charge >= 0.3 is 5.76 Å². The fourth-order valence-electron chi connectivity index (χ4n) is 2.39. The molecule has 4 nitrogen and oxygen atoms in total. The number of oxazole rings is 1. The number of hydrogen-bond donors (Lipinski definition) is 0. The number of ether oxygens (including phenoxy) is 1. The van der Waals surface area contributed by atoms with Crippen LogP contribution in [0.3, 0.4) is 0 Å². The zero-order valence-corrected chi connectivity index (χ0v) is 13.9. The lowest BCUT2D eigenvalue weighted by Crippen LogP contribution is -2.15. The van der Waals surface area contributed by atoms with Gasteiger partial charge in [0.05, 0.1) is 19.2 Å². The van der Waals surface area contributed by atoms with Gasteiger partial charge in [-0.3, -0.25) is 4.57 Å². The summed E-state index contributed by atoms with van der Waals surface area (Å²) in [4.78, 5) is 12.1. The van der Waals surface area contributed by atoms with Crippen molar-refractivity contribution in [3.8, 4) is 5.75 Å². The van der Waals surface area contributed by atoms with Gasteiger partial charge in [0, 0.05) is 9.13 Å². The molecule has 0 aliphatic rings. The van der Waals surface area contributed by atoms with Crippen molar-refractivity contribution in [3.63, 3.8) is 0 Å². The molecular formula is C16H14INO3. The van der Waals surface area contributed by atoms with Crippen LogP contribution in [-0.4, -0.2) is 11.7 Å². The minimum Gasteiger partial charge on any atom is -0.496 e. The maximum absolute atomic E-state index is 12.1. The monoisotopic (exact) mass is 395 g/mol. The highest BCUT2D eigenvalue weighted by Crippen LogP contribution is 2.23. The number of nitrogens with zero attached hydrogens (tertiary/aromatic N) is 1. The number of benzene rings is 2. The Labute approximate surface area is 135 Å². The van der Waals surface area contributed by atoms with Crippen molar-refractivity contribution in [2.24, 2.45) is 0 Å². The van der Waals surface area contributed by atoms with E-state index in [0.717, 1.165) is 26.0 Å². The molecule has 108 valence electrons. The minimum atomic E-state index is -0.351. The lowest BCUT2D eigenvalue weighted by atomic mass is 10.1. The molecule has 0 unspecified atom stereocenters. The second-order valence-electron chi connectivity index (χ2n) is 4.88. The van der Waals surface area contributed by atoms with Crippen LogP contribution < -0.4 is 10.5 Å². The molecule has 0 atom stereocenters. The molecule has 0 spiro atoms. The van der Waals surface area contributed by atoms with Gasteiger partial charge in [-0.25, -0.2) is 4.79 Å². The van der Waals surface area contributed by atoms with Crippen LogP contribution in [0.4, 0.5) is 0 Å². The maximum Gasteiger partial charge on any atom is 0.420 e. The van der Waals surface area contributed by atoms with E-state index in [4.69, 9.17) is 9.15 Å². The van der Waals surface area contributed by atoms with E-state index in [1.807, 2.05) is 43.3 Å². The second-order valence-corrected chi connectivity index (χ2v) is 6.13. The highest BCUT2D eigenvalue weighted by Gasteiger charge is 2.12. The van der Waals surface area contributed by atoms with Gasteiger partial charge in [-0.05, 0) is 53.8 Å². The largest absolute Gasteiger partial charge is 0.496 e. The van der Waals surface area contributed by atoms with Crippen LogP contribution in [0, 0.1) is 10.5 Å². The van der Waals surface area contributed by atoms with Gasteiger partial charge < -0.3 is 9.15 Å². The van der Waals surface area contributed by atoms with E-state index in [2.05, 4.69) is 22.6 Å². The van der Waals surface area contributed by atoms with Crippen molar-refractivity contribution in [2.75, 3.05) is 7.11 Å². The quantitative estimate of drug-likeness (QED) is 0.637. The van der Waals surface area contributed by atoms with E-state index < -0.39 is 0 Å². The van der Waals surface area contributed by atoms with E-state index in [-0.39, 0.29) is 5.76 Å². The molecule has 0 fully saturated rings. The molecule has 1 heterocycles. The highest BCUT2D eigenvalue weighted by atomic mass is 127. The molecule has 0 saturated heterocycles. The Morgan fingerprint density at radius 2 is 2.05 bits per heavy atom. The third-order valence-corrected chi connectivity index (χ3v) is 4.07. The van der Waals surface area contributed by atoms with Gasteiger partial charge in [-0.1, -0.05) is 17.7 Å². The Morgan fingerprint density at radius 3 is 2.81 bits per heavy atom. The van der Waals surface area contributed by atoms with Crippen LogP contribution in [-0.2, 0) is 6.54 Å². The average molecular weight is 395 g/mol. The van der Waals surface area contributed by atoms with Gasteiger partial charge in [0.1, 0.15) is 5.75 Å². The molecule has 0 amide bonds. The first kappa shape index (κ1) is 14.2. The Bertz CT molecular complexity index is 864. The van der Waals surface area contributed by atoms with E-state index in [0.29, 0.717) is 12.1 Å². The molecule has 2 aromatic carbocycles. The molecule has 0 aliphatic carbocycles. The molecule has 3 rings (SSSR count). The third-order valence-electron chi connectivity index (χ3n) is 3.39. The first-order chi connectivity index (χ1) is 10.1. The normalized spacial score (nSPS) is 11.0. The van der Waals surface area contributed by atoms with Crippen molar-refractivity contribution in [1.82, 2.24) is 4.57 Å².